The number of halogens is 1. The SMILES string of the molecule is Cc1cc(Nc2ccc(Br)c(C)c2)nc(NCc2ccco2)n1. The van der Waals surface area contributed by atoms with Gasteiger partial charge in [0.05, 0.1) is 12.8 Å². The molecule has 2 aromatic heterocycles. The number of hydrogen-bond donors (Lipinski definition) is 2. The van der Waals surface area contributed by atoms with Gasteiger partial charge >= 0.3 is 0 Å². The summed E-state index contributed by atoms with van der Waals surface area (Å²) < 4.78 is 6.38. The molecule has 2 heterocycles. The van der Waals surface area contributed by atoms with Crippen molar-refractivity contribution in [2.75, 3.05) is 10.6 Å². The zero-order valence-corrected chi connectivity index (χ0v) is 14.5. The van der Waals surface area contributed by atoms with Gasteiger partial charge in [0.2, 0.25) is 5.95 Å². The highest BCUT2D eigenvalue weighted by atomic mass is 79.9. The Labute approximate surface area is 143 Å². The summed E-state index contributed by atoms with van der Waals surface area (Å²) in [6, 6.07) is 11.8. The van der Waals surface area contributed by atoms with Crippen molar-refractivity contribution in [3.8, 4) is 0 Å². The predicted octanol–water partition coefficient (Wildman–Crippen LogP) is 4.80. The molecule has 0 spiro atoms. The van der Waals surface area contributed by atoms with Crippen molar-refractivity contribution in [3.63, 3.8) is 0 Å². The normalized spacial score (nSPS) is 10.6. The molecule has 0 bridgehead atoms. The van der Waals surface area contributed by atoms with Crippen LogP contribution < -0.4 is 10.6 Å². The van der Waals surface area contributed by atoms with Crippen LogP contribution in [0.25, 0.3) is 0 Å². The van der Waals surface area contributed by atoms with Gasteiger partial charge in [-0.25, -0.2) is 4.98 Å². The molecule has 2 N–H and O–H groups in total. The lowest BCUT2D eigenvalue weighted by atomic mass is 10.2. The number of anilines is 3. The van der Waals surface area contributed by atoms with Gasteiger partial charge in [-0.2, -0.15) is 4.98 Å². The van der Waals surface area contributed by atoms with E-state index in [0.29, 0.717) is 12.5 Å². The molecule has 0 aliphatic carbocycles. The van der Waals surface area contributed by atoms with E-state index in [2.05, 4.69) is 49.5 Å². The fourth-order valence-electron chi connectivity index (χ4n) is 2.16. The highest BCUT2D eigenvalue weighted by Gasteiger charge is 2.05. The topological polar surface area (TPSA) is 63.0 Å². The highest BCUT2D eigenvalue weighted by Crippen LogP contribution is 2.23. The zero-order valence-electron chi connectivity index (χ0n) is 12.9. The Morgan fingerprint density at radius 1 is 1.13 bits per heavy atom. The van der Waals surface area contributed by atoms with Crippen LogP contribution in [0.5, 0.6) is 0 Å². The summed E-state index contributed by atoms with van der Waals surface area (Å²) in [5, 5.41) is 6.48. The van der Waals surface area contributed by atoms with Gasteiger partial charge in [-0.15, -0.1) is 0 Å². The predicted molar refractivity (Wildman–Crippen MR) is 95.0 cm³/mol. The Hall–Kier alpha value is -2.34. The van der Waals surface area contributed by atoms with Crippen molar-refractivity contribution in [3.05, 3.63) is 64.2 Å². The van der Waals surface area contributed by atoms with Crippen LogP contribution in [0.1, 0.15) is 17.0 Å². The minimum atomic E-state index is 0.549. The fourth-order valence-corrected chi connectivity index (χ4v) is 2.41. The van der Waals surface area contributed by atoms with Crippen LogP contribution in [0.2, 0.25) is 0 Å². The second kappa shape index (κ2) is 6.83. The van der Waals surface area contributed by atoms with Crippen molar-refractivity contribution in [2.45, 2.75) is 20.4 Å². The van der Waals surface area contributed by atoms with Crippen LogP contribution in [-0.4, -0.2) is 9.97 Å². The van der Waals surface area contributed by atoms with Crippen LogP contribution >= 0.6 is 15.9 Å². The molecule has 0 radical (unpaired) electrons. The molecule has 5 nitrogen and oxygen atoms in total. The van der Waals surface area contributed by atoms with Crippen LogP contribution in [0.4, 0.5) is 17.5 Å². The average molecular weight is 373 g/mol. The van der Waals surface area contributed by atoms with Crippen LogP contribution in [0, 0.1) is 13.8 Å². The lowest BCUT2D eigenvalue weighted by molar-refractivity contribution is 0.517. The first-order valence-corrected chi connectivity index (χ1v) is 8.04. The Morgan fingerprint density at radius 3 is 2.74 bits per heavy atom. The molecule has 0 unspecified atom stereocenters. The molecule has 23 heavy (non-hydrogen) atoms. The maximum atomic E-state index is 5.30. The largest absolute Gasteiger partial charge is 0.467 e. The highest BCUT2D eigenvalue weighted by molar-refractivity contribution is 9.10. The molecular formula is C17H17BrN4O. The summed E-state index contributed by atoms with van der Waals surface area (Å²) in [6.07, 6.45) is 1.65. The molecule has 0 saturated heterocycles. The molecule has 3 rings (SSSR count). The van der Waals surface area contributed by atoms with Gasteiger partial charge in [0.25, 0.3) is 0 Å². The summed E-state index contributed by atoms with van der Waals surface area (Å²) in [7, 11) is 0. The molecule has 3 aromatic rings. The van der Waals surface area contributed by atoms with Gasteiger partial charge in [-0.05, 0) is 49.7 Å². The Bertz CT molecular complexity index is 802. The van der Waals surface area contributed by atoms with E-state index in [9.17, 15) is 0 Å². The van der Waals surface area contributed by atoms with Crippen molar-refractivity contribution in [1.29, 1.82) is 0 Å². The first-order chi connectivity index (χ1) is 11.1. The number of rotatable bonds is 5. The maximum Gasteiger partial charge on any atom is 0.225 e. The van der Waals surface area contributed by atoms with Gasteiger partial charge in [-0.3, -0.25) is 0 Å². The molecule has 0 fully saturated rings. The van der Waals surface area contributed by atoms with Gasteiger partial charge in [0, 0.05) is 21.9 Å². The van der Waals surface area contributed by atoms with Crippen LogP contribution in [0.15, 0.2) is 51.6 Å². The molecule has 6 heteroatoms. The maximum absolute atomic E-state index is 5.30. The second-order valence-corrected chi connectivity index (χ2v) is 6.09. The Kier molecular flexibility index (Phi) is 4.62. The third kappa shape index (κ3) is 4.10. The third-order valence-corrected chi connectivity index (χ3v) is 4.18. The lowest BCUT2D eigenvalue weighted by Gasteiger charge is -2.10. The Morgan fingerprint density at radius 2 is 2.00 bits per heavy atom. The first kappa shape index (κ1) is 15.6. The van der Waals surface area contributed by atoms with Gasteiger partial charge in [0.1, 0.15) is 11.6 Å². The molecule has 0 aliphatic rings. The van der Waals surface area contributed by atoms with E-state index in [0.717, 1.165) is 33.0 Å². The molecule has 1 aromatic carbocycles. The fraction of sp³-hybridized carbons (Fsp3) is 0.176. The Balaban J connectivity index is 1.75. The molecule has 0 atom stereocenters. The van der Waals surface area contributed by atoms with E-state index >= 15 is 0 Å². The van der Waals surface area contributed by atoms with E-state index in [1.807, 2.05) is 37.3 Å². The number of furan rings is 1. The average Bonchev–Trinajstić information content (AvgIpc) is 3.02. The minimum absolute atomic E-state index is 0.549. The minimum Gasteiger partial charge on any atom is -0.467 e. The number of hydrogen-bond acceptors (Lipinski definition) is 5. The van der Waals surface area contributed by atoms with E-state index in [-0.39, 0.29) is 0 Å². The van der Waals surface area contributed by atoms with Gasteiger partial charge in [-0.1, -0.05) is 15.9 Å². The monoisotopic (exact) mass is 372 g/mol. The van der Waals surface area contributed by atoms with Gasteiger partial charge in [0.15, 0.2) is 0 Å². The van der Waals surface area contributed by atoms with Crippen molar-refractivity contribution >= 4 is 33.4 Å². The second-order valence-electron chi connectivity index (χ2n) is 5.24. The first-order valence-electron chi connectivity index (χ1n) is 7.25. The summed E-state index contributed by atoms with van der Waals surface area (Å²) in [6.45, 7) is 4.54. The number of aromatic nitrogens is 2. The smallest absolute Gasteiger partial charge is 0.225 e. The van der Waals surface area contributed by atoms with E-state index in [1.165, 1.54) is 0 Å². The molecule has 0 amide bonds. The van der Waals surface area contributed by atoms with Gasteiger partial charge < -0.3 is 15.1 Å². The number of nitrogens with one attached hydrogen (secondary N) is 2. The quantitative estimate of drug-likeness (QED) is 0.672. The molecule has 0 aliphatic heterocycles. The number of aryl methyl sites for hydroxylation is 2. The van der Waals surface area contributed by atoms with E-state index in [4.69, 9.17) is 4.42 Å². The van der Waals surface area contributed by atoms with Crippen molar-refractivity contribution < 1.29 is 4.42 Å². The van der Waals surface area contributed by atoms with E-state index < -0.39 is 0 Å². The summed E-state index contributed by atoms with van der Waals surface area (Å²) in [4.78, 5) is 8.89. The number of benzene rings is 1. The van der Waals surface area contributed by atoms with Crippen LogP contribution in [-0.2, 0) is 6.54 Å². The zero-order chi connectivity index (χ0) is 16.2. The van der Waals surface area contributed by atoms with Crippen molar-refractivity contribution in [2.24, 2.45) is 0 Å². The van der Waals surface area contributed by atoms with Crippen molar-refractivity contribution in [1.82, 2.24) is 9.97 Å². The third-order valence-electron chi connectivity index (χ3n) is 3.29. The summed E-state index contributed by atoms with van der Waals surface area (Å²) in [5.41, 5.74) is 3.04. The van der Waals surface area contributed by atoms with E-state index in [1.54, 1.807) is 6.26 Å². The van der Waals surface area contributed by atoms with Crippen LogP contribution in [0.3, 0.4) is 0 Å². The summed E-state index contributed by atoms with van der Waals surface area (Å²) in [5.74, 6) is 2.16. The molecule has 118 valence electrons. The summed E-state index contributed by atoms with van der Waals surface area (Å²) >= 11 is 3.51. The standard InChI is InChI=1S/C17H17BrN4O/c1-11-8-13(5-6-15(11)18)21-16-9-12(2)20-17(22-16)19-10-14-4-3-7-23-14/h3-9H,10H2,1-2H3,(H2,19,20,21,22). The molecular weight excluding hydrogens is 356 g/mol. The number of nitrogens with zero attached hydrogens (tertiary/aromatic N) is 2. The molecule has 0 saturated carbocycles. The lowest BCUT2D eigenvalue weighted by Crippen LogP contribution is -2.06.